The molecule has 0 N–H and O–H groups in total. The topological polar surface area (TPSA) is 30.9 Å². The van der Waals surface area contributed by atoms with E-state index in [0.717, 1.165) is 36.3 Å². The summed E-state index contributed by atoms with van der Waals surface area (Å²) in [4.78, 5) is 2.52. The first-order chi connectivity index (χ1) is 11.8. The predicted octanol–water partition coefficient (Wildman–Crippen LogP) is 3.16. The summed E-state index contributed by atoms with van der Waals surface area (Å²) < 4.78 is 18.5. The van der Waals surface area contributed by atoms with Gasteiger partial charge in [0.2, 0.25) is 0 Å². The summed E-state index contributed by atoms with van der Waals surface area (Å²) in [6.07, 6.45) is 3.76. The number of rotatable bonds is 6. The highest BCUT2D eigenvalue weighted by Crippen LogP contribution is 2.37. The lowest BCUT2D eigenvalue weighted by molar-refractivity contribution is 0.00578. The molecule has 0 unspecified atom stereocenters. The third-order valence-corrected chi connectivity index (χ3v) is 5.91. The molecule has 2 aliphatic rings. The molecule has 2 fully saturated rings. The first-order valence-corrected chi connectivity index (χ1v) is 9.60. The minimum Gasteiger partial charge on any atom is -0.493 e. The van der Waals surface area contributed by atoms with Crippen LogP contribution in [-0.4, -0.2) is 49.5 Å². The molecule has 1 aromatic carbocycles. The number of hydrogen-bond acceptors (Lipinski definition) is 4. The van der Waals surface area contributed by atoms with Crippen molar-refractivity contribution in [3.63, 3.8) is 0 Å². The Labute approximate surface area is 153 Å². The summed E-state index contributed by atoms with van der Waals surface area (Å²) in [5.74, 6) is 0.939. The van der Waals surface area contributed by atoms with Gasteiger partial charge >= 0.3 is 7.12 Å². The smallest absolute Gasteiger partial charge is 0.493 e. The van der Waals surface area contributed by atoms with E-state index in [1.807, 2.05) is 12.1 Å². The fraction of sp³-hybridized carbons (Fsp3) is 0.700. The molecule has 0 amide bonds. The van der Waals surface area contributed by atoms with Crippen molar-refractivity contribution in [3.8, 4) is 5.75 Å². The summed E-state index contributed by atoms with van der Waals surface area (Å²) in [7, 11) is -0.335. The van der Waals surface area contributed by atoms with Crippen LogP contribution in [-0.2, 0) is 9.31 Å². The first kappa shape index (κ1) is 18.7. The van der Waals surface area contributed by atoms with E-state index in [4.69, 9.17) is 14.0 Å². The van der Waals surface area contributed by atoms with Crippen molar-refractivity contribution in [1.82, 2.24) is 4.90 Å². The Bertz CT molecular complexity index is 581. The molecular formula is C20H32BNO3. The van der Waals surface area contributed by atoms with Crippen molar-refractivity contribution in [1.29, 1.82) is 0 Å². The molecule has 25 heavy (non-hydrogen) atoms. The van der Waals surface area contributed by atoms with Crippen molar-refractivity contribution < 1.29 is 14.0 Å². The van der Waals surface area contributed by atoms with Gasteiger partial charge in [-0.1, -0.05) is 12.1 Å². The van der Waals surface area contributed by atoms with Crippen LogP contribution in [0.1, 0.15) is 52.5 Å². The van der Waals surface area contributed by atoms with Crippen molar-refractivity contribution in [2.24, 2.45) is 0 Å². The van der Waals surface area contributed by atoms with Gasteiger partial charge in [0.15, 0.2) is 0 Å². The molecule has 2 saturated heterocycles. The molecule has 0 radical (unpaired) electrons. The second-order valence-corrected chi connectivity index (χ2v) is 8.31. The Balaban J connectivity index is 1.60. The van der Waals surface area contributed by atoms with Gasteiger partial charge in [0, 0.05) is 6.54 Å². The van der Waals surface area contributed by atoms with Gasteiger partial charge in [0.05, 0.1) is 17.8 Å². The number of likely N-dealkylation sites (tertiary alicyclic amines) is 1. The highest BCUT2D eigenvalue weighted by atomic mass is 16.7. The molecule has 0 spiro atoms. The van der Waals surface area contributed by atoms with Crippen LogP contribution >= 0.6 is 0 Å². The van der Waals surface area contributed by atoms with E-state index in [0.29, 0.717) is 0 Å². The standard InChI is InChI=1S/C20H32BNO3/c1-16-17(21-24-19(2,3)20(4,5)25-21)10-8-11-18(16)23-15-9-14-22-12-6-7-13-22/h8,10-11H,6-7,9,12-15H2,1-5H3. The quantitative estimate of drug-likeness (QED) is 0.585. The van der Waals surface area contributed by atoms with E-state index in [1.165, 1.54) is 25.9 Å². The SMILES string of the molecule is Cc1c(OCCCN2CCCC2)cccc1B1OC(C)(C)C(C)(C)O1. The summed E-state index contributed by atoms with van der Waals surface area (Å²) in [5.41, 5.74) is 1.53. The van der Waals surface area contributed by atoms with Gasteiger partial charge in [-0.3, -0.25) is 0 Å². The number of ether oxygens (including phenoxy) is 1. The van der Waals surface area contributed by atoms with Crippen LogP contribution < -0.4 is 10.2 Å². The molecule has 0 aliphatic carbocycles. The zero-order chi connectivity index (χ0) is 18.1. The van der Waals surface area contributed by atoms with Crippen LogP contribution in [0.25, 0.3) is 0 Å². The van der Waals surface area contributed by atoms with Crippen LogP contribution in [0.4, 0.5) is 0 Å². The third kappa shape index (κ3) is 4.04. The number of hydrogen-bond donors (Lipinski definition) is 0. The lowest BCUT2D eigenvalue weighted by Gasteiger charge is -2.32. The molecule has 4 nitrogen and oxygen atoms in total. The molecule has 2 heterocycles. The molecule has 2 aliphatic heterocycles. The Hall–Kier alpha value is -1.04. The number of benzene rings is 1. The van der Waals surface area contributed by atoms with Crippen molar-refractivity contribution >= 4 is 12.6 Å². The van der Waals surface area contributed by atoms with Gasteiger partial charge in [0.25, 0.3) is 0 Å². The summed E-state index contributed by atoms with van der Waals surface area (Å²) in [6.45, 7) is 14.8. The zero-order valence-electron chi connectivity index (χ0n) is 16.4. The first-order valence-electron chi connectivity index (χ1n) is 9.60. The Kier molecular flexibility index (Phi) is 5.47. The molecule has 0 atom stereocenters. The Morgan fingerprint density at radius 2 is 1.72 bits per heavy atom. The Morgan fingerprint density at radius 3 is 2.36 bits per heavy atom. The van der Waals surface area contributed by atoms with Gasteiger partial charge in [-0.05, 0) is 84.1 Å². The Morgan fingerprint density at radius 1 is 1.08 bits per heavy atom. The highest BCUT2D eigenvalue weighted by molar-refractivity contribution is 6.62. The predicted molar refractivity (Wildman–Crippen MR) is 103 cm³/mol. The maximum absolute atomic E-state index is 6.19. The van der Waals surface area contributed by atoms with E-state index >= 15 is 0 Å². The molecule has 3 rings (SSSR count). The molecule has 0 aromatic heterocycles. The van der Waals surface area contributed by atoms with E-state index < -0.39 is 0 Å². The average Bonchev–Trinajstić information content (AvgIpc) is 3.11. The van der Waals surface area contributed by atoms with Crippen LogP contribution in [0, 0.1) is 6.92 Å². The van der Waals surface area contributed by atoms with Gasteiger partial charge in [-0.2, -0.15) is 0 Å². The van der Waals surface area contributed by atoms with E-state index in [2.05, 4.69) is 45.6 Å². The maximum atomic E-state index is 6.19. The molecule has 0 bridgehead atoms. The molecule has 0 saturated carbocycles. The summed E-state index contributed by atoms with van der Waals surface area (Å²) in [6, 6.07) is 6.15. The van der Waals surface area contributed by atoms with E-state index in [-0.39, 0.29) is 18.3 Å². The van der Waals surface area contributed by atoms with Crippen LogP contribution in [0.15, 0.2) is 18.2 Å². The maximum Gasteiger partial charge on any atom is 0.495 e. The molecular weight excluding hydrogens is 313 g/mol. The monoisotopic (exact) mass is 345 g/mol. The van der Waals surface area contributed by atoms with Gasteiger partial charge < -0.3 is 18.9 Å². The largest absolute Gasteiger partial charge is 0.495 e. The highest BCUT2D eigenvalue weighted by Gasteiger charge is 2.52. The van der Waals surface area contributed by atoms with E-state index in [1.54, 1.807) is 0 Å². The van der Waals surface area contributed by atoms with Gasteiger partial charge in [-0.25, -0.2) is 0 Å². The minimum atomic E-state index is -0.335. The van der Waals surface area contributed by atoms with Crippen LogP contribution in [0.2, 0.25) is 0 Å². The van der Waals surface area contributed by atoms with Gasteiger partial charge in [0.1, 0.15) is 5.75 Å². The van der Waals surface area contributed by atoms with Crippen molar-refractivity contribution in [3.05, 3.63) is 23.8 Å². The minimum absolute atomic E-state index is 0.323. The summed E-state index contributed by atoms with van der Waals surface area (Å²) in [5, 5.41) is 0. The van der Waals surface area contributed by atoms with Crippen LogP contribution in [0.5, 0.6) is 5.75 Å². The van der Waals surface area contributed by atoms with Crippen LogP contribution in [0.3, 0.4) is 0 Å². The fourth-order valence-corrected chi connectivity index (χ4v) is 3.49. The van der Waals surface area contributed by atoms with E-state index in [9.17, 15) is 0 Å². The average molecular weight is 345 g/mol. The second kappa shape index (κ2) is 7.30. The second-order valence-electron chi connectivity index (χ2n) is 8.31. The lowest BCUT2D eigenvalue weighted by atomic mass is 9.76. The third-order valence-electron chi connectivity index (χ3n) is 5.91. The van der Waals surface area contributed by atoms with Crippen molar-refractivity contribution in [2.75, 3.05) is 26.2 Å². The fourth-order valence-electron chi connectivity index (χ4n) is 3.49. The molecule has 1 aromatic rings. The number of nitrogens with zero attached hydrogens (tertiary/aromatic N) is 1. The zero-order valence-corrected chi connectivity index (χ0v) is 16.4. The lowest BCUT2D eigenvalue weighted by Crippen LogP contribution is -2.41. The van der Waals surface area contributed by atoms with Gasteiger partial charge in [-0.15, -0.1) is 0 Å². The normalized spacial score (nSPS) is 22.5. The molecule has 5 heteroatoms. The van der Waals surface area contributed by atoms with Crippen molar-refractivity contribution in [2.45, 2.75) is 65.1 Å². The molecule has 138 valence electrons. The summed E-state index contributed by atoms with van der Waals surface area (Å²) >= 11 is 0.